The topological polar surface area (TPSA) is 67.0 Å². The SMILES string of the molecule is O=C(NCc1ccc(-c2ccn[nH]2)cc1)c1ccccc1SCC1CCCO1. The Labute approximate surface area is 168 Å². The summed E-state index contributed by atoms with van der Waals surface area (Å²) in [6.45, 7) is 1.35. The zero-order chi connectivity index (χ0) is 19.2. The first-order valence-corrected chi connectivity index (χ1v) is 10.5. The van der Waals surface area contributed by atoms with Crippen LogP contribution < -0.4 is 5.32 Å². The van der Waals surface area contributed by atoms with E-state index in [0.29, 0.717) is 12.6 Å². The van der Waals surface area contributed by atoms with Crippen molar-refractivity contribution >= 4 is 17.7 Å². The summed E-state index contributed by atoms with van der Waals surface area (Å²) in [5.41, 5.74) is 3.83. The number of aromatic amines is 1. The highest BCUT2D eigenvalue weighted by atomic mass is 32.2. The fourth-order valence-corrected chi connectivity index (χ4v) is 4.35. The number of ether oxygens (including phenoxy) is 1. The zero-order valence-electron chi connectivity index (χ0n) is 15.6. The number of hydrogen-bond acceptors (Lipinski definition) is 4. The molecule has 2 aromatic carbocycles. The number of amides is 1. The maximum absolute atomic E-state index is 12.7. The Morgan fingerprint density at radius 3 is 2.79 bits per heavy atom. The van der Waals surface area contributed by atoms with Gasteiger partial charge in [0.1, 0.15) is 0 Å². The molecule has 1 aliphatic rings. The minimum atomic E-state index is -0.0481. The van der Waals surface area contributed by atoms with Crippen molar-refractivity contribution < 1.29 is 9.53 Å². The lowest BCUT2D eigenvalue weighted by Crippen LogP contribution is -2.23. The molecule has 1 amide bonds. The average molecular weight is 394 g/mol. The third-order valence-electron chi connectivity index (χ3n) is 4.80. The van der Waals surface area contributed by atoms with Crippen LogP contribution in [-0.2, 0) is 11.3 Å². The van der Waals surface area contributed by atoms with Gasteiger partial charge in [-0.15, -0.1) is 11.8 Å². The van der Waals surface area contributed by atoms with Crippen molar-refractivity contribution in [1.29, 1.82) is 0 Å². The van der Waals surface area contributed by atoms with Crippen LogP contribution in [0.5, 0.6) is 0 Å². The average Bonchev–Trinajstić information content (AvgIpc) is 3.45. The van der Waals surface area contributed by atoms with E-state index in [1.54, 1.807) is 18.0 Å². The Balaban J connectivity index is 1.35. The van der Waals surface area contributed by atoms with Crippen LogP contribution in [0.3, 0.4) is 0 Å². The summed E-state index contributed by atoms with van der Waals surface area (Å²) >= 11 is 1.70. The first-order valence-electron chi connectivity index (χ1n) is 9.50. The van der Waals surface area contributed by atoms with Crippen LogP contribution in [0.15, 0.2) is 65.7 Å². The predicted molar refractivity (Wildman–Crippen MR) is 111 cm³/mol. The molecule has 0 aliphatic carbocycles. The van der Waals surface area contributed by atoms with E-state index >= 15 is 0 Å². The molecule has 0 saturated carbocycles. The lowest BCUT2D eigenvalue weighted by Gasteiger charge is -2.12. The summed E-state index contributed by atoms with van der Waals surface area (Å²) in [4.78, 5) is 13.7. The van der Waals surface area contributed by atoms with Crippen LogP contribution in [0, 0.1) is 0 Å². The smallest absolute Gasteiger partial charge is 0.252 e. The minimum Gasteiger partial charge on any atom is -0.377 e. The number of carbonyl (C=O) groups excluding carboxylic acids is 1. The highest BCUT2D eigenvalue weighted by Crippen LogP contribution is 2.27. The van der Waals surface area contributed by atoms with Crippen molar-refractivity contribution in [2.75, 3.05) is 12.4 Å². The van der Waals surface area contributed by atoms with Crippen molar-refractivity contribution in [2.45, 2.75) is 30.4 Å². The lowest BCUT2D eigenvalue weighted by atomic mass is 10.1. The van der Waals surface area contributed by atoms with Gasteiger partial charge in [-0.1, -0.05) is 36.4 Å². The van der Waals surface area contributed by atoms with Crippen LogP contribution in [0.25, 0.3) is 11.3 Å². The van der Waals surface area contributed by atoms with E-state index in [4.69, 9.17) is 4.74 Å². The zero-order valence-corrected chi connectivity index (χ0v) is 16.4. The van der Waals surface area contributed by atoms with Crippen molar-refractivity contribution in [3.05, 3.63) is 71.9 Å². The second-order valence-electron chi connectivity index (χ2n) is 6.79. The number of nitrogens with one attached hydrogen (secondary N) is 2. The molecule has 28 heavy (non-hydrogen) atoms. The van der Waals surface area contributed by atoms with Crippen LogP contribution in [-0.4, -0.2) is 34.6 Å². The minimum absolute atomic E-state index is 0.0481. The van der Waals surface area contributed by atoms with Gasteiger partial charge < -0.3 is 10.1 Å². The standard InChI is InChI=1S/C22H23N3O2S/c26-22(19-5-1-2-6-21(19)28-15-18-4-3-13-27-18)23-14-16-7-9-17(10-8-16)20-11-12-24-25-20/h1-2,5-12,18H,3-4,13-15H2,(H,23,26)(H,24,25). The molecule has 1 unspecified atom stereocenters. The van der Waals surface area contributed by atoms with Gasteiger partial charge in [0.2, 0.25) is 0 Å². The van der Waals surface area contributed by atoms with Crippen molar-refractivity contribution in [2.24, 2.45) is 0 Å². The quantitative estimate of drug-likeness (QED) is 0.588. The predicted octanol–water partition coefficient (Wildman–Crippen LogP) is 4.28. The molecule has 1 aliphatic heterocycles. The number of thioether (sulfide) groups is 1. The molecule has 1 aromatic heterocycles. The maximum Gasteiger partial charge on any atom is 0.252 e. The first-order chi connectivity index (χ1) is 13.8. The molecule has 1 atom stereocenters. The summed E-state index contributed by atoms with van der Waals surface area (Å²) in [5, 5.41) is 9.96. The second kappa shape index (κ2) is 9.08. The molecule has 144 valence electrons. The van der Waals surface area contributed by atoms with Gasteiger partial charge in [-0.05, 0) is 42.2 Å². The summed E-state index contributed by atoms with van der Waals surface area (Å²) in [5.74, 6) is 0.840. The highest BCUT2D eigenvalue weighted by Gasteiger charge is 2.17. The van der Waals surface area contributed by atoms with E-state index in [-0.39, 0.29) is 5.91 Å². The normalized spacial score (nSPS) is 16.2. The molecule has 0 radical (unpaired) electrons. The van der Waals surface area contributed by atoms with E-state index in [1.807, 2.05) is 54.6 Å². The molecule has 2 N–H and O–H groups in total. The van der Waals surface area contributed by atoms with Gasteiger partial charge in [0.25, 0.3) is 5.91 Å². The van der Waals surface area contributed by atoms with Gasteiger partial charge in [0.05, 0.1) is 17.4 Å². The van der Waals surface area contributed by atoms with E-state index in [0.717, 1.165) is 52.5 Å². The lowest BCUT2D eigenvalue weighted by molar-refractivity contribution is 0.0948. The van der Waals surface area contributed by atoms with Crippen molar-refractivity contribution in [3.63, 3.8) is 0 Å². The molecular formula is C22H23N3O2S. The Bertz CT molecular complexity index is 904. The molecule has 1 fully saturated rings. The van der Waals surface area contributed by atoms with Gasteiger partial charge in [0, 0.05) is 30.0 Å². The van der Waals surface area contributed by atoms with Crippen LogP contribution in [0.2, 0.25) is 0 Å². The summed E-state index contributed by atoms with van der Waals surface area (Å²) in [6, 6.07) is 17.8. The summed E-state index contributed by atoms with van der Waals surface area (Å²) < 4.78 is 5.69. The molecule has 5 nitrogen and oxygen atoms in total. The third kappa shape index (κ3) is 4.64. The number of H-pyrrole nitrogens is 1. The Morgan fingerprint density at radius 1 is 1.18 bits per heavy atom. The molecule has 3 aromatic rings. The summed E-state index contributed by atoms with van der Waals surface area (Å²) in [6.07, 6.45) is 4.27. The van der Waals surface area contributed by atoms with Crippen molar-refractivity contribution in [3.8, 4) is 11.3 Å². The van der Waals surface area contributed by atoms with Crippen LogP contribution >= 0.6 is 11.8 Å². The van der Waals surface area contributed by atoms with Gasteiger partial charge >= 0.3 is 0 Å². The maximum atomic E-state index is 12.7. The van der Waals surface area contributed by atoms with E-state index in [1.165, 1.54) is 0 Å². The summed E-state index contributed by atoms with van der Waals surface area (Å²) in [7, 11) is 0. The monoisotopic (exact) mass is 393 g/mol. The number of rotatable bonds is 7. The van der Waals surface area contributed by atoms with Crippen LogP contribution in [0.1, 0.15) is 28.8 Å². The number of hydrogen-bond donors (Lipinski definition) is 2. The Morgan fingerprint density at radius 2 is 2.04 bits per heavy atom. The Kier molecular flexibility index (Phi) is 6.09. The second-order valence-corrected chi connectivity index (χ2v) is 7.85. The molecule has 6 heteroatoms. The molecule has 2 heterocycles. The third-order valence-corrected chi connectivity index (χ3v) is 6.00. The molecule has 0 bridgehead atoms. The first kappa shape index (κ1) is 18.8. The largest absolute Gasteiger partial charge is 0.377 e. The van der Waals surface area contributed by atoms with Crippen molar-refractivity contribution in [1.82, 2.24) is 15.5 Å². The van der Waals surface area contributed by atoms with Gasteiger partial charge in [-0.2, -0.15) is 5.10 Å². The highest BCUT2D eigenvalue weighted by molar-refractivity contribution is 7.99. The molecular weight excluding hydrogens is 370 g/mol. The van der Waals surface area contributed by atoms with Gasteiger partial charge in [-0.25, -0.2) is 0 Å². The van der Waals surface area contributed by atoms with E-state index in [9.17, 15) is 4.79 Å². The molecule has 1 saturated heterocycles. The van der Waals surface area contributed by atoms with Crippen LogP contribution in [0.4, 0.5) is 0 Å². The number of carbonyl (C=O) groups is 1. The Hall–Kier alpha value is -2.57. The van der Waals surface area contributed by atoms with Gasteiger partial charge in [-0.3, -0.25) is 9.89 Å². The van der Waals surface area contributed by atoms with Gasteiger partial charge in [0.15, 0.2) is 0 Å². The molecule has 0 spiro atoms. The number of nitrogens with zero attached hydrogens (tertiary/aromatic N) is 1. The fraction of sp³-hybridized carbons (Fsp3) is 0.273. The van der Waals surface area contributed by atoms with E-state index in [2.05, 4.69) is 15.5 Å². The fourth-order valence-electron chi connectivity index (χ4n) is 3.23. The molecule has 4 rings (SSSR count). The number of benzene rings is 2. The number of aromatic nitrogens is 2. The van der Waals surface area contributed by atoms with E-state index < -0.39 is 0 Å².